The van der Waals surface area contributed by atoms with Gasteiger partial charge in [0.15, 0.2) is 0 Å². The minimum atomic E-state index is 0.138. The summed E-state index contributed by atoms with van der Waals surface area (Å²) >= 11 is 1.51. The smallest absolute Gasteiger partial charge is 0.202 e. The largest absolute Gasteiger partial charge is 0.252 e. The lowest BCUT2D eigenvalue weighted by Gasteiger charge is -2.24. The molecule has 0 atom stereocenters. The first-order valence-electron chi connectivity index (χ1n) is 5.85. The van der Waals surface area contributed by atoms with E-state index in [9.17, 15) is 0 Å². The summed E-state index contributed by atoms with van der Waals surface area (Å²) in [5, 5.41) is 0.783. The zero-order chi connectivity index (χ0) is 11.9. The number of hydrogen-bond acceptors (Lipinski definition) is 4. The van der Waals surface area contributed by atoms with Crippen molar-refractivity contribution in [3.63, 3.8) is 0 Å². The highest BCUT2D eigenvalue weighted by Crippen LogP contribution is 2.19. The summed E-state index contributed by atoms with van der Waals surface area (Å²) in [6.45, 7) is 6.67. The van der Waals surface area contributed by atoms with Crippen molar-refractivity contribution in [2.75, 3.05) is 0 Å². The first-order valence-corrected chi connectivity index (χ1v) is 6.67. The number of nitrogens with zero attached hydrogens (tertiary/aromatic N) is 2. The molecule has 0 saturated heterocycles. The Morgan fingerprint density at radius 1 is 1.25 bits per heavy atom. The second-order valence-electron chi connectivity index (χ2n) is 4.58. The minimum absolute atomic E-state index is 0.138. The lowest BCUT2D eigenvalue weighted by molar-refractivity contribution is 0.419. The number of unbranched alkanes of at least 4 members (excludes halogenated alkanes) is 2. The zero-order valence-corrected chi connectivity index (χ0v) is 11.2. The molecular formula is C12H21N3S. The highest BCUT2D eigenvalue weighted by Gasteiger charge is 2.17. The normalized spacial score (nSPS) is 11.7. The van der Waals surface area contributed by atoms with Gasteiger partial charge in [-0.3, -0.25) is 4.72 Å². The van der Waals surface area contributed by atoms with E-state index in [0.29, 0.717) is 0 Å². The van der Waals surface area contributed by atoms with Crippen molar-refractivity contribution in [1.82, 2.24) is 14.7 Å². The van der Waals surface area contributed by atoms with E-state index in [1.807, 2.05) is 6.07 Å². The quantitative estimate of drug-likeness (QED) is 0.449. The third kappa shape index (κ3) is 5.47. The summed E-state index contributed by atoms with van der Waals surface area (Å²) in [7, 11) is 0. The number of aromatic nitrogens is 2. The molecule has 0 aliphatic heterocycles. The minimum Gasteiger partial charge on any atom is -0.252 e. The van der Waals surface area contributed by atoms with Crippen LogP contribution in [0.5, 0.6) is 0 Å². The van der Waals surface area contributed by atoms with Crippen LogP contribution in [0.15, 0.2) is 23.6 Å². The first kappa shape index (κ1) is 13.5. The molecule has 0 saturated carbocycles. The molecule has 90 valence electrons. The Balaban J connectivity index is 2.30. The lowest BCUT2D eigenvalue weighted by Crippen LogP contribution is -2.34. The molecule has 0 fully saturated rings. The first-order chi connectivity index (χ1) is 7.64. The molecule has 0 aromatic carbocycles. The Morgan fingerprint density at radius 3 is 2.56 bits per heavy atom. The maximum absolute atomic E-state index is 4.17. The van der Waals surface area contributed by atoms with E-state index in [2.05, 4.69) is 35.5 Å². The highest BCUT2D eigenvalue weighted by molar-refractivity contribution is 7.97. The zero-order valence-electron chi connectivity index (χ0n) is 10.4. The van der Waals surface area contributed by atoms with Crippen LogP contribution >= 0.6 is 11.9 Å². The van der Waals surface area contributed by atoms with Crippen LogP contribution in [0.3, 0.4) is 0 Å². The molecule has 0 aliphatic carbocycles. The SMILES string of the molecule is CCCCCC(C)(C)NSc1ncccn1. The summed E-state index contributed by atoms with van der Waals surface area (Å²) in [6.07, 6.45) is 8.55. The van der Waals surface area contributed by atoms with Crippen LogP contribution in [0.1, 0.15) is 46.5 Å². The maximum Gasteiger partial charge on any atom is 0.202 e. The Hall–Kier alpha value is -0.610. The van der Waals surface area contributed by atoms with Crippen molar-refractivity contribution >= 4 is 11.9 Å². The second-order valence-corrected chi connectivity index (χ2v) is 5.35. The fraction of sp³-hybridized carbons (Fsp3) is 0.667. The van der Waals surface area contributed by atoms with Crippen molar-refractivity contribution < 1.29 is 0 Å². The predicted octanol–water partition coefficient (Wildman–Crippen LogP) is 3.43. The van der Waals surface area contributed by atoms with Gasteiger partial charge in [0.1, 0.15) is 0 Å². The van der Waals surface area contributed by atoms with Crippen LogP contribution in [-0.4, -0.2) is 15.5 Å². The van der Waals surface area contributed by atoms with Gasteiger partial charge in [0.2, 0.25) is 5.16 Å². The summed E-state index contributed by atoms with van der Waals surface area (Å²) in [5.74, 6) is 0. The summed E-state index contributed by atoms with van der Waals surface area (Å²) in [6, 6.07) is 1.83. The van der Waals surface area contributed by atoms with Gasteiger partial charge < -0.3 is 0 Å². The molecule has 0 aliphatic rings. The molecule has 0 radical (unpaired) electrons. The van der Waals surface area contributed by atoms with Gasteiger partial charge in [-0.25, -0.2) is 9.97 Å². The van der Waals surface area contributed by atoms with E-state index in [1.165, 1.54) is 37.6 Å². The Labute approximate surface area is 103 Å². The molecule has 1 N–H and O–H groups in total. The van der Waals surface area contributed by atoms with Gasteiger partial charge in [-0.05, 0) is 38.3 Å². The van der Waals surface area contributed by atoms with Crippen LogP contribution < -0.4 is 4.72 Å². The Bertz CT molecular complexity index is 288. The van der Waals surface area contributed by atoms with Crippen molar-refractivity contribution in [3.8, 4) is 0 Å². The van der Waals surface area contributed by atoms with Crippen LogP contribution in [-0.2, 0) is 0 Å². The van der Waals surface area contributed by atoms with Crippen molar-refractivity contribution in [2.24, 2.45) is 0 Å². The van der Waals surface area contributed by atoms with Crippen molar-refractivity contribution in [3.05, 3.63) is 18.5 Å². The molecule has 16 heavy (non-hydrogen) atoms. The average Bonchev–Trinajstić information content (AvgIpc) is 2.28. The van der Waals surface area contributed by atoms with E-state index in [0.717, 1.165) is 5.16 Å². The monoisotopic (exact) mass is 239 g/mol. The number of nitrogens with one attached hydrogen (secondary N) is 1. The van der Waals surface area contributed by atoms with E-state index in [4.69, 9.17) is 0 Å². The molecule has 1 aromatic heterocycles. The Kier molecular flexibility index (Phi) is 5.77. The maximum atomic E-state index is 4.17. The molecule has 0 bridgehead atoms. The van der Waals surface area contributed by atoms with Crippen LogP contribution in [0, 0.1) is 0 Å². The molecule has 0 amide bonds. The fourth-order valence-electron chi connectivity index (χ4n) is 1.39. The van der Waals surface area contributed by atoms with E-state index < -0.39 is 0 Å². The van der Waals surface area contributed by atoms with E-state index in [-0.39, 0.29) is 5.54 Å². The van der Waals surface area contributed by atoms with E-state index in [1.54, 1.807) is 12.4 Å². The molecule has 3 nitrogen and oxygen atoms in total. The van der Waals surface area contributed by atoms with Crippen LogP contribution in [0.4, 0.5) is 0 Å². The fourth-order valence-corrected chi connectivity index (χ4v) is 2.09. The van der Waals surface area contributed by atoms with E-state index >= 15 is 0 Å². The number of hydrogen-bond donors (Lipinski definition) is 1. The van der Waals surface area contributed by atoms with Crippen molar-refractivity contribution in [1.29, 1.82) is 0 Å². The molecule has 4 heteroatoms. The van der Waals surface area contributed by atoms with Gasteiger partial charge in [-0.1, -0.05) is 26.2 Å². The molecule has 1 heterocycles. The van der Waals surface area contributed by atoms with Gasteiger partial charge in [-0.2, -0.15) is 0 Å². The third-order valence-electron chi connectivity index (χ3n) is 2.37. The summed E-state index contributed by atoms with van der Waals surface area (Å²) < 4.78 is 3.43. The molecule has 1 rings (SSSR count). The standard InChI is InChI=1S/C12H21N3S/c1-4-5-6-8-12(2,3)15-16-11-13-9-7-10-14-11/h7,9-10,15H,4-6,8H2,1-3H3. The molecule has 1 aromatic rings. The summed E-state index contributed by atoms with van der Waals surface area (Å²) in [4.78, 5) is 8.34. The van der Waals surface area contributed by atoms with Gasteiger partial charge in [0.05, 0.1) is 0 Å². The average molecular weight is 239 g/mol. The topological polar surface area (TPSA) is 37.8 Å². The predicted molar refractivity (Wildman–Crippen MR) is 69.2 cm³/mol. The second kappa shape index (κ2) is 6.86. The third-order valence-corrected chi connectivity index (χ3v) is 3.41. The van der Waals surface area contributed by atoms with Crippen LogP contribution in [0.25, 0.3) is 0 Å². The van der Waals surface area contributed by atoms with Gasteiger partial charge in [-0.15, -0.1) is 0 Å². The molecular weight excluding hydrogens is 218 g/mol. The van der Waals surface area contributed by atoms with Gasteiger partial charge >= 0.3 is 0 Å². The van der Waals surface area contributed by atoms with Gasteiger partial charge in [0, 0.05) is 17.9 Å². The van der Waals surface area contributed by atoms with Crippen LogP contribution in [0.2, 0.25) is 0 Å². The van der Waals surface area contributed by atoms with Gasteiger partial charge in [0.25, 0.3) is 0 Å². The molecule has 0 spiro atoms. The Morgan fingerprint density at radius 2 is 1.94 bits per heavy atom. The molecule has 0 unspecified atom stereocenters. The highest BCUT2D eigenvalue weighted by atomic mass is 32.2. The summed E-state index contributed by atoms with van der Waals surface area (Å²) in [5.41, 5.74) is 0.138. The van der Waals surface area contributed by atoms with Crippen molar-refractivity contribution in [2.45, 2.75) is 57.1 Å². The number of rotatable bonds is 7. The lowest BCUT2D eigenvalue weighted by atomic mass is 9.98.